The van der Waals surface area contributed by atoms with E-state index < -0.39 is 11.4 Å². The van der Waals surface area contributed by atoms with Crippen molar-refractivity contribution in [2.24, 2.45) is 5.41 Å². The van der Waals surface area contributed by atoms with Gasteiger partial charge in [0.05, 0.1) is 17.0 Å². The van der Waals surface area contributed by atoms with Crippen molar-refractivity contribution in [3.8, 4) is 6.07 Å². The SMILES string of the molecule is CC(C)(CC(=O)c1c[nH]c2cc(C#N)ccc12)C(=O)O. The van der Waals surface area contributed by atoms with E-state index in [2.05, 4.69) is 4.98 Å². The Morgan fingerprint density at radius 2 is 2.10 bits per heavy atom. The fourth-order valence-electron chi connectivity index (χ4n) is 2.00. The molecule has 0 saturated carbocycles. The molecule has 0 aliphatic heterocycles. The zero-order valence-corrected chi connectivity index (χ0v) is 11.2. The molecule has 2 N–H and O–H groups in total. The predicted molar refractivity (Wildman–Crippen MR) is 73.4 cm³/mol. The number of H-pyrrole nitrogens is 1. The highest BCUT2D eigenvalue weighted by Crippen LogP contribution is 2.27. The number of carbonyl (C=O) groups is 2. The van der Waals surface area contributed by atoms with Gasteiger partial charge in [-0.25, -0.2) is 0 Å². The fourth-order valence-corrected chi connectivity index (χ4v) is 2.00. The average Bonchev–Trinajstić information content (AvgIpc) is 2.80. The summed E-state index contributed by atoms with van der Waals surface area (Å²) in [4.78, 5) is 26.3. The number of carboxylic acid groups (broad SMARTS) is 1. The van der Waals surface area contributed by atoms with Crippen LogP contribution in [0.15, 0.2) is 24.4 Å². The highest BCUT2D eigenvalue weighted by atomic mass is 16.4. The molecular formula is C15H14N2O3. The highest BCUT2D eigenvalue weighted by molar-refractivity contribution is 6.09. The topological polar surface area (TPSA) is 94.0 Å². The maximum atomic E-state index is 12.2. The van der Waals surface area contributed by atoms with Crippen molar-refractivity contribution in [3.63, 3.8) is 0 Å². The van der Waals surface area contributed by atoms with Crippen LogP contribution in [0, 0.1) is 16.7 Å². The molecule has 1 aromatic heterocycles. The van der Waals surface area contributed by atoms with Gasteiger partial charge in [0.2, 0.25) is 0 Å². The molecule has 1 heterocycles. The number of aliphatic carboxylic acids is 1. The first kappa shape index (κ1) is 13.8. The standard InChI is InChI=1S/C15H14N2O3/c1-15(2,14(19)20)6-13(18)11-8-17-12-5-9(7-16)3-4-10(11)12/h3-5,8,17H,6H2,1-2H3,(H,19,20). The number of rotatable bonds is 4. The van der Waals surface area contributed by atoms with Gasteiger partial charge in [0.1, 0.15) is 0 Å². The van der Waals surface area contributed by atoms with Gasteiger partial charge >= 0.3 is 5.97 Å². The monoisotopic (exact) mass is 270 g/mol. The highest BCUT2D eigenvalue weighted by Gasteiger charge is 2.31. The number of carbonyl (C=O) groups excluding carboxylic acids is 1. The molecule has 5 nitrogen and oxygen atoms in total. The normalized spacial score (nSPS) is 11.2. The quantitative estimate of drug-likeness (QED) is 0.835. The van der Waals surface area contributed by atoms with E-state index in [-0.39, 0.29) is 12.2 Å². The zero-order chi connectivity index (χ0) is 14.9. The van der Waals surface area contributed by atoms with Crippen LogP contribution < -0.4 is 0 Å². The van der Waals surface area contributed by atoms with Gasteiger partial charge in [0, 0.05) is 29.1 Å². The molecule has 2 aromatic rings. The van der Waals surface area contributed by atoms with E-state index in [1.165, 1.54) is 13.8 Å². The summed E-state index contributed by atoms with van der Waals surface area (Å²) in [5.41, 5.74) is 0.552. The number of hydrogen-bond acceptors (Lipinski definition) is 3. The number of ketones is 1. The van der Waals surface area contributed by atoms with Crippen LogP contribution in [0.25, 0.3) is 10.9 Å². The molecule has 0 saturated heterocycles. The number of nitrogens with zero attached hydrogens (tertiary/aromatic N) is 1. The lowest BCUT2D eigenvalue weighted by Crippen LogP contribution is -2.26. The Bertz CT molecular complexity index is 735. The number of nitrogens with one attached hydrogen (secondary N) is 1. The molecular weight excluding hydrogens is 256 g/mol. The maximum absolute atomic E-state index is 12.2. The first-order chi connectivity index (χ1) is 9.35. The van der Waals surface area contributed by atoms with E-state index in [1.54, 1.807) is 24.4 Å². The second kappa shape index (κ2) is 4.82. The van der Waals surface area contributed by atoms with Crippen LogP contribution in [0.4, 0.5) is 0 Å². The lowest BCUT2D eigenvalue weighted by Gasteiger charge is -2.17. The Balaban J connectivity index is 2.37. The Hall–Kier alpha value is -2.61. The predicted octanol–water partition coefficient (Wildman–Crippen LogP) is 2.72. The number of hydrogen-bond donors (Lipinski definition) is 2. The number of nitriles is 1. The first-order valence-corrected chi connectivity index (χ1v) is 6.13. The average molecular weight is 270 g/mol. The van der Waals surface area contributed by atoms with Crippen molar-refractivity contribution in [3.05, 3.63) is 35.5 Å². The van der Waals surface area contributed by atoms with Gasteiger partial charge in [-0.1, -0.05) is 6.07 Å². The third-order valence-corrected chi connectivity index (χ3v) is 3.29. The van der Waals surface area contributed by atoms with Crippen molar-refractivity contribution >= 4 is 22.7 Å². The molecule has 0 spiro atoms. The van der Waals surface area contributed by atoms with Gasteiger partial charge in [0.25, 0.3) is 0 Å². The van der Waals surface area contributed by atoms with Gasteiger partial charge in [-0.05, 0) is 26.0 Å². The fraction of sp³-hybridized carbons (Fsp3) is 0.267. The molecule has 0 radical (unpaired) electrons. The van der Waals surface area contributed by atoms with Gasteiger partial charge in [0.15, 0.2) is 5.78 Å². The molecule has 0 aliphatic rings. The van der Waals surface area contributed by atoms with E-state index in [0.29, 0.717) is 22.0 Å². The molecule has 20 heavy (non-hydrogen) atoms. The van der Waals surface area contributed by atoms with E-state index in [9.17, 15) is 9.59 Å². The molecule has 0 amide bonds. The molecule has 1 aromatic carbocycles. The molecule has 0 atom stereocenters. The maximum Gasteiger partial charge on any atom is 0.309 e. The summed E-state index contributed by atoms with van der Waals surface area (Å²) in [7, 11) is 0. The van der Waals surface area contributed by atoms with Crippen LogP contribution in [-0.2, 0) is 4.79 Å². The number of carboxylic acids is 1. The Labute approximate surface area is 115 Å². The van der Waals surface area contributed by atoms with Crippen LogP contribution in [0.2, 0.25) is 0 Å². The Morgan fingerprint density at radius 1 is 1.40 bits per heavy atom. The second-order valence-electron chi connectivity index (χ2n) is 5.36. The minimum absolute atomic E-state index is 0.0741. The third kappa shape index (κ3) is 2.41. The minimum atomic E-state index is -1.10. The summed E-state index contributed by atoms with van der Waals surface area (Å²) < 4.78 is 0. The van der Waals surface area contributed by atoms with Gasteiger partial charge in [-0.15, -0.1) is 0 Å². The molecule has 0 aliphatic carbocycles. The summed E-state index contributed by atoms with van der Waals surface area (Å²) in [6.45, 7) is 3.05. The van der Waals surface area contributed by atoms with E-state index in [1.807, 2.05) is 6.07 Å². The molecule has 0 bridgehead atoms. The lowest BCUT2D eigenvalue weighted by atomic mass is 9.85. The number of benzene rings is 1. The van der Waals surface area contributed by atoms with Gasteiger partial charge < -0.3 is 10.1 Å². The van der Waals surface area contributed by atoms with E-state index in [4.69, 9.17) is 10.4 Å². The zero-order valence-electron chi connectivity index (χ0n) is 11.2. The van der Waals surface area contributed by atoms with Crippen LogP contribution >= 0.6 is 0 Å². The summed E-state index contributed by atoms with van der Waals surface area (Å²) in [5, 5.41) is 18.6. The summed E-state index contributed by atoms with van der Waals surface area (Å²) >= 11 is 0. The van der Waals surface area contributed by atoms with E-state index >= 15 is 0 Å². The van der Waals surface area contributed by atoms with Crippen molar-refractivity contribution < 1.29 is 14.7 Å². The largest absolute Gasteiger partial charge is 0.481 e. The molecule has 5 heteroatoms. The van der Waals surface area contributed by atoms with Crippen LogP contribution in [0.3, 0.4) is 0 Å². The summed E-state index contributed by atoms with van der Waals surface area (Å²) in [6, 6.07) is 7.02. The van der Waals surface area contributed by atoms with Crippen molar-refractivity contribution in [1.82, 2.24) is 4.98 Å². The van der Waals surface area contributed by atoms with Crippen LogP contribution in [0.1, 0.15) is 36.2 Å². The summed E-state index contributed by atoms with van der Waals surface area (Å²) in [5.74, 6) is -1.23. The Kier molecular flexibility index (Phi) is 3.33. The van der Waals surface area contributed by atoms with Crippen molar-refractivity contribution in [2.75, 3.05) is 0 Å². The Morgan fingerprint density at radius 3 is 2.70 bits per heavy atom. The van der Waals surface area contributed by atoms with Crippen molar-refractivity contribution in [2.45, 2.75) is 20.3 Å². The van der Waals surface area contributed by atoms with Gasteiger partial charge in [-0.3, -0.25) is 9.59 Å². The van der Waals surface area contributed by atoms with Gasteiger partial charge in [-0.2, -0.15) is 5.26 Å². The molecule has 0 fully saturated rings. The number of fused-ring (bicyclic) bond motifs is 1. The van der Waals surface area contributed by atoms with Crippen molar-refractivity contribution in [1.29, 1.82) is 5.26 Å². The lowest BCUT2D eigenvalue weighted by molar-refractivity contribution is -0.146. The number of Topliss-reactive ketones (excluding diaryl/α,β-unsaturated/α-hetero) is 1. The third-order valence-electron chi connectivity index (χ3n) is 3.29. The van der Waals surface area contributed by atoms with E-state index in [0.717, 1.165) is 0 Å². The number of aromatic nitrogens is 1. The first-order valence-electron chi connectivity index (χ1n) is 6.13. The molecule has 2 rings (SSSR count). The smallest absolute Gasteiger partial charge is 0.309 e. The summed E-state index contributed by atoms with van der Waals surface area (Å²) in [6.07, 6.45) is 1.49. The second-order valence-corrected chi connectivity index (χ2v) is 5.36. The number of aromatic amines is 1. The van der Waals surface area contributed by atoms with Crippen LogP contribution in [0.5, 0.6) is 0 Å². The minimum Gasteiger partial charge on any atom is -0.481 e. The molecule has 102 valence electrons. The van der Waals surface area contributed by atoms with Crippen LogP contribution in [-0.4, -0.2) is 21.8 Å². The molecule has 0 unspecified atom stereocenters.